The van der Waals surface area contributed by atoms with Gasteiger partial charge in [-0.1, -0.05) is 6.07 Å². The third-order valence-electron chi connectivity index (χ3n) is 2.73. The van der Waals surface area contributed by atoms with E-state index < -0.39 is 0 Å². The maximum atomic E-state index is 5.55. The summed E-state index contributed by atoms with van der Waals surface area (Å²) in [4.78, 5) is 8.51. The van der Waals surface area contributed by atoms with Crippen LogP contribution in [0.3, 0.4) is 0 Å². The molecule has 0 unspecified atom stereocenters. The minimum absolute atomic E-state index is 0.460. The monoisotopic (exact) mass is 224 g/mol. The van der Waals surface area contributed by atoms with E-state index in [1.807, 2.05) is 35.0 Å². The zero-order valence-electron chi connectivity index (χ0n) is 9.24. The third kappa shape index (κ3) is 1.79. The maximum Gasteiger partial charge on any atom is 0.0995 e. The van der Waals surface area contributed by atoms with Crippen molar-refractivity contribution in [2.24, 2.45) is 5.73 Å². The highest BCUT2D eigenvalue weighted by molar-refractivity contribution is 5.80. The van der Waals surface area contributed by atoms with E-state index in [0.29, 0.717) is 6.54 Å². The first-order chi connectivity index (χ1) is 8.36. The molecule has 0 aliphatic rings. The van der Waals surface area contributed by atoms with Gasteiger partial charge < -0.3 is 10.3 Å². The number of nitrogens with zero attached hydrogens (tertiary/aromatic N) is 3. The smallest absolute Gasteiger partial charge is 0.0995 e. The van der Waals surface area contributed by atoms with E-state index in [0.717, 1.165) is 22.3 Å². The van der Waals surface area contributed by atoms with Crippen molar-refractivity contribution in [1.82, 2.24) is 14.5 Å². The number of aromatic nitrogens is 3. The molecule has 4 heteroatoms. The second kappa shape index (κ2) is 3.99. The molecule has 17 heavy (non-hydrogen) atoms. The van der Waals surface area contributed by atoms with Crippen LogP contribution in [0.2, 0.25) is 0 Å². The summed E-state index contributed by atoms with van der Waals surface area (Å²) in [6.45, 7) is 0.460. The van der Waals surface area contributed by atoms with Crippen LogP contribution in [0.25, 0.3) is 16.6 Å². The van der Waals surface area contributed by atoms with E-state index >= 15 is 0 Å². The molecule has 0 aliphatic heterocycles. The van der Waals surface area contributed by atoms with Crippen LogP contribution in [-0.2, 0) is 6.54 Å². The molecule has 0 radical (unpaired) electrons. The summed E-state index contributed by atoms with van der Waals surface area (Å²) in [5.41, 5.74) is 8.49. The molecular weight excluding hydrogens is 212 g/mol. The van der Waals surface area contributed by atoms with Crippen molar-refractivity contribution in [2.75, 3.05) is 0 Å². The Morgan fingerprint density at radius 1 is 1.18 bits per heavy atom. The van der Waals surface area contributed by atoms with E-state index in [2.05, 4.69) is 16.0 Å². The van der Waals surface area contributed by atoms with Crippen LogP contribution in [0.1, 0.15) is 5.69 Å². The molecule has 0 fully saturated rings. The second-order valence-corrected chi connectivity index (χ2v) is 3.86. The Bertz CT molecular complexity index is 657. The predicted octanol–water partition coefficient (Wildman–Crippen LogP) is 1.88. The van der Waals surface area contributed by atoms with E-state index in [1.54, 1.807) is 12.5 Å². The van der Waals surface area contributed by atoms with Crippen molar-refractivity contribution in [3.63, 3.8) is 0 Å². The topological polar surface area (TPSA) is 56.7 Å². The summed E-state index contributed by atoms with van der Waals surface area (Å²) in [6, 6.07) is 10.1. The van der Waals surface area contributed by atoms with Gasteiger partial charge in [-0.2, -0.15) is 0 Å². The lowest BCUT2D eigenvalue weighted by molar-refractivity contribution is 1.01. The molecule has 1 aromatic carbocycles. The van der Waals surface area contributed by atoms with E-state index in [9.17, 15) is 0 Å². The Hall–Kier alpha value is -2.20. The van der Waals surface area contributed by atoms with Gasteiger partial charge in [-0.15, -0.1) is 0 Å². The molecule has 3 aromatic rings. The van der Waals surface area contributed by atoms with Gasteiger partial charge in [0.25, 0.3) is 0 Å². The number of hydrogen-bond acceptors (Lipinski definition) is 3. The Balaban J connectivity index is 2.11. The second-order valence-electron chi connectivity index (χ2n) is 3.86. The van der Waals surface area contributed by atoms with Crippen LogP contribution in [-0.4, -0.2) is 14.5 Å². The van der Waals surface area contributed by atoms with Gasteiger partial charge in [0.1, 0.15) is 0 Å². The Morgan fingerprint density at radius 3 is 2.94 bits per heavy atom. The number of pyridine rings is 1. The zero-order valence-corrected chi connectivity index (χ0v) is 9.24. The normalized spacial score (nSPS) is 10.9. The van der Waals surface area contributed by atoms with Crippen LogP contribution in [0.4, 0.5) is 0 Å². The fraction of sp³-hybridized carbons (Fsp3) is 0.0769. The van der Waals surface area contributed by atoms with Crippen LogP contribution >= 0.6 is 0 Å². The Morgan fingerprint density at radius 2 is 2.12 bits per heavy atom. The van der Waals surface area contributed by atoms with Crippen molar-refractivity contribution in [2.45, 2.75) is 6.54 Å². The molecule has 4 nitrogen and oxygen atoms in total. The lowest BCUT2D eigenvalue weighted by Gasteiger charge is -2.03. The van der Waals surface area contributed by atoms with Gasteiger partial charge in [-0.3, -0.25) is 4.98 Å². The number of rotatable bonds is 2. The standard InChI is InChI=1S/C13H12N4/c14-7-11-8-17(9-16-11)12-3-4-13-10(6-12)2-1-5-15-13/h1-6,8-9H,7,14H2. The molecule has 2 heterocycles. The quantitative estimate of drug-likeness (QED) is 0.723. The predicted molar refractivity (Wildman–Crippen MR) is 66.8 cm³/mol. The molecule has 2 N–H and O–H groups in total. The largest absolute Gasteiger partial charge is 0.325 e. The Kier molecular flexibility index (Phi) is 2.34. The van der Waals surface area contributed by atoms with Gasteiger partial charge in [0.2, 0.25) is 0 Å². The summed E-state index contributed by atoms with van der Waals surface area (Å²) in [6.07, 6.45) is 5.52. The lowest BCUT2D eigenvalue weighted by Crippen LogP contribution is -1.96. The summed E-state index contributed by atoms with van der Waals surface area (Å²) >= 11 is 0. The summed E-state index contributed by atoms with van der Waals surface area (Å²) in [5, 5.41) is 1.12. The van der Waals surface area contributed by atoms with Crippen molar-refractivity contribution >= 4 is 10.9 Å². The van der Waals surface area contributed by atoms with Crippen molar-refractivity contribution in [3.05, 3.63) is 54.7 Å². The van der Waals surface area contributed by atoms with Crippen LogP contribution in [0.5, 0.6) is 0 Å². The average molecular weight is 224 g/mol. The first-order valence-corrected chi connectivity index (χ1v) is 5.45. The highest BCUT2D eigenvalue weighted by Crippen LogP contribution is 2.16. The summed E-state index contributed by atoms with van der Waals surface area (Å²) in [5.74, 6) is 0. The fourth-order valence-electron chi connectivity index (χ4n) is 1.83. The fourth-order valence-corrected chi connectivity index (χ4v) is 1.83. The summed E-state index contributed by atoms with van der Waals surface area (Å²) < 4.78 is 1.97. The minimum atomic E-state index is 0.460. The molecular formula is C13H12N4. The minimum Gasteiger partial charge on any atom is -0.325 e. The zero-order chi connectivity index (χ0) is 11.7. The van der Waals surface area contributed by atoms with Crippen molar-refractivity contribution < 1.29 is 0 Å². The molecule has 0 atom stereocenters. The van der Waals surface area contributed by atoms with Gasteiger partial charge in [0.15, 0.2) is 0 Å². The first-order valence-electron chi connectivity index (χ1n) is 5.45. The SMILES string of the molecule is NCc1cn(-c2ccc3ncccc3c2)cn1. The molecule has 0 bridgehead atoms. The Labute approximate surface area is 98.7 Å². The van der Waals surface area contributed by atoms with Crippen LogP contribution in [0.15, 0.2) is 49.1 Å². The number of fused-ring (bicyclic) bond motifs is 1. The number of benzene rings is 1. The van der Waals surface area contributed by atoms with E-state index in [1.165, 1.54) is 0 Å². The maximum absolute atomic E-state index is 5.55. The van der Waals surface area contributed by atoms with E-state index in [4.69, 9.17) is 5.73 Å². The number of hydrogen-bond donors (Lipinski definition) is 1. The van der Waals surface area contributed by atoms with E-state index in [-0.39, 0.29) is 0 Å². The summed E-state index contributed by atoms with van der Waals surface area (Å²) in [7, 11) is 0. The lowest BCUT2D eigenvalue weighted by atomic mass is 10.2. The van der Waals surface area contributed by atoms with Crippen LogP contribution in [0, 0.1) is 0 Å². The molecule has 2 aromatic heterocycles. The number of imidazole rings is 1. The third-order valence-corrected chi connectivity index (χ3v) is 2.73. The van der Waals surface area contributed by atoms with Gasteiger partial charge in [-0.05, 0) is 24.3 Å². The molecule has 0 aliphatic carbocycles. The highest BCUT2D eigenvalue weighted by atomic mass is 15.0. The van der Waals surface area contributed by atoms with Gasteiger partial charge in [0, 0.05) is 30.0 Å². The highest BCUT2D eigenvalue weighted by Gasteiger charge is 2.01. The molecule has 0 saturated heterocycles. The molecule has 84 valence electrons. The van der Waals surface area contributed by atoms with Crippen molar-refractivity contribution in [3.8, 4) is 5.69 Å². The molecule has 0 saturated carbocycles. The van der Waals surface area contributed by atoms with Crippen LogP contribution < -0.4 is 5.73 Å². The van der Waals surface area contributed by atoms with Gasteiger partial charge in [0.05, 0.1) is 17.5 Å². The molecule has 0 amide bonds. The van der Waals surface area contributed by atoms with Crippen molar-refractivity contribution in [1.29, 1.82) is 0 Å². The molecule has 0 spiro atoms. The van der Waals surface area contributed by atoms with Gasteiger partial charge >= 0.3 is 0 Å². The number of nitrogens with two attached hydrogens (primary N) is 1. The average Bonchev–Trinajstić information content (AvgIpc) is 2.87. The molecule has 3 rings (SSSR count). The first kappa shape index (κ1) is 9.99. The van der Waals surface area contributed by atoms with Gasteiger partial charge in [-0.25, -0.2) is 4.98 Å².